The van der Waals surface area contributed by atoms with Crippen LogP contribution in [0.1, 0.15) is 26.2 Å². The molecule has 4 nitrogen and oxygen atoms in total. The van der Waals surface area contributed by atoms with Gasteiger partial charge >= 0.3 is 0 Å². The summed E-state index contributed by atoms with van der Waals surface area (Å²) in [5, 5.41) is 6.06. The van der Waals surface area contributed by atoms with Gasteiger partial charge < -0.3 is 15.4 Å². The molecule has 0 radical (unpaired) electrons. The Kier molecular flexibility index (Phi) is 4.59. The van der Waals surface area contributed by atoms with Crippen LogP contribution in [0.15, 0.2) is 24.3 Å². The van der Waals surface area contributed by atoms with E-state index in [-0.39, 0.29) is 5.91 Å². The Bertz CT molecular complexity index is 403. The third kappa shape index (κ3) is 4.04. The Morgan fingerprint density at radius 2 is 2.17 bits per heavy atom. The summed E-state index contributed by atoms with van der Waals surface area (Å²) < 4.78 is 5.59. The van der Waals surface area contributed by atoms with E-state index in [1.807, 2.05) is 24.3 Å². The maximum atomic E-state index is 11.7. The Hall–Kier alpha value is -1.55. The van der Waals surface area contributed by atoms with Crippen LogP contribution in [-0.4, -0.2) is 25.1 Å². The molecule has 1 fully saturated rings. The van der Waals surface area contributed by atoms with E-state index < -0.39 is 0 Å². The number of ether oxygens (including phenoxy) is 1. The average Bonchev–Trinajstić information content (AvgIpc) is 3.19. The lowest BCUT2D eigenvalue weighted by Gasteiger charge is -2.12. The monoisotopic (exact) mass is 248 g/mol. The molecule has 0 spiro atoms. The van der Waals surface area contributed by atoms with Gasteiger partial charge in [0.05, 0.1) is 18.8 Å². The number of carbonyl (C=O) groups is 1. The maximum Gasteiger partial charge on any atom is 0.238 e. The molecule has 98 valence electrons. The molecule has 0 saturated heterocycles. The van der Waals surface area contributed by atoms with Gasteiger partial charge in [0.15, 0.2) is 0 Å². The molecule has 0 unspecified atom stereocenters. The first kappa shape index (κ1) is 12.9. The fraction of sp³-hybridized carbons (Fsp3) is 0.500. The van der Waals surface area contributed by atoms with Crippen LogP contribution >= 0.6 is 0 Å². The van der Waals surface area contributed by atoms with E-state index >= 15 is 0 Å². The van der Waals surface area contributed by atoms with Crippen molar-refractivity contribution >= 4 is 11.6 Å². The van der Waals surface area contributed by atoms with Gasteiger partial charge in [0.25, 0.3) is 0 Å². The number of benzene rings is 1. The lowest BCUT2D eigenvalue weighted by molar-refractivity contribution is -0.115. The number of anilines is 1. The van der Waals surface area contributed by atoms with Crippen molar-refractivity contribution in [2.45, 2.75) is 32.2 Å². The van der Waals surface area contributed by atoms with Crippen LogP contribution in [0.3, 0.4) is 0 Å². The number of hydrogen-bond donors (Lipinski definition) is 2. The molecule has 2 N–H and O–H groups in total. The van der Waals surface area contributed by atoms with E-state index in [1.54, 1.807) is 0 Å². The van der Waals surface area contributed by atoms with Gasteiger partial charge in [-0.2, -0.15) is 0 Å². The number of amides is 1. The van der Waals surface area contributed by atoms with E-state index in [1.165, 1.54) is 12.8 Å². The predicted octanol–water partition coefficient (Wildman–Crippen LogP) is 2.17. The fourth-order valence-electron chi connectivity index (χ4n) is 1.63. The molecule has 0 aromatic heterocycles. The van der Waals surface area contributed by atoms with Gasteiger partial charge in [-0.1, -0.05) is 19.1 Å². The van der Waals surface area contributed by atoms with Crippen molar-refractivity contribution < 1.29 is 9.53 Å². The van der Waals surface area contributed by atoms with E-state index in [0.717, 1.165) is 17.9 Å². The van der Waals surface area contributed by atoms with Crippen LogP contribution in [0.25, 0.3) is 0 Å². The zero-order valence-corrected chi connectivity index (χ0v) is 10.7. The predicted molar refractivity (Wildman–Crippen MR) is 71.9 cm³/mol. The first-order valence-electron chi connectivity index (χ1n) is 6.54. The van der Waals surface area contributed by atoms with Crippen molar-refractivity contribution in [3.8, 4) is 5.75 Å². The largest absolute Gasteiger partial charge is 0.491 e. The number of carbonyl (C=O) groups excluding carboxylic acids is 1. The van der Waals surface area contributed by atoms with E-state index in [0.29, 0.717) is 19.2 Å². The zero-order chi connectivity index (χ0) is 12.8. The Labute approximate surface area is 108 Å². The summed E-state index contributed by atoms with van der Waals surface area (Å²) in [7, 11) is 0. The highest BCUT2D eigenvalue weighted by molar-refractivity contribution is 5.93. The standard InChI is InChI=1S/C14H20N2O2/c1-2-9-18-13-6-4-3-5-12(13)16-14(17)10-15-11-7-8-11/h3-6,11,15H,2,7-10H2,1H3,(H,16,17). The van der Waals surface area contributed by atoms with E-state index in [4.69, 9.17) is 4.74 Å². The minimum Gasteiger partial charge on any atom is -0.491 e. The van der Waals surface area contributed by atoms with Crippen molar-refractivity contribution in [1.82, 2.24) is 5.32 Å². The average molecular weight is 248 g/mol. The van der Waals surface area contributed by atoms with E-state index in [9.17, 15) is 4.79 Å². The summed E-state index contributed by atoms with van der Waals surface area (Å²) in [4.78, 5) is 11.7. The summed E-state index contributed by atoms with van der Waals surface area (Å²) in [5.41, 5.74) is 0.744. The highest BCUT2D eigenvalue weighted by Crippen LogP contribution is 2.24. The highest BCUT2D eigenvalue weighted by atomic mass is 16.5. The summed E-state index contributed by atoms with van der Waals surface area (Å²) >= 11 is 0. The molecule has 4 heteroatoms. The topological polar surface area (TPSA) is 50.4 Å². The molecule has 0 atom stereocenters. The molecule has 0 aliphatic heterocycles. The zero-order valence-electron chi connectivity index (χ0n) is 10.7. The number of hydrogen-bond acceptors (Lipinski definition) is 3. The first-order valence-corrected chi connectivity index (χ1v) is 6.54. The van der Waals surface area contributed by atoms with Crippen LogP contribution in [0.2, 0.25) is 0 Å². The minimum absolute atomic E-state index is 0.0190. The van der Waals surface area contributed by atoms with Gasteiger partial charge in [0, 0.05) is 6.04 Å². The van der Waals surface area contributed by atoms with Crippen molar-refractivity contribution in [2.75, 3.05) is 18.5 Å². The van der Waals surface area contributed by atoms with Crippen LogP contribution < -0.4 is 15.4 Å². The first-order chi connectivity index (χ1) is 8.79. The summed E-state index contributed by atoms with van der Waals surface area (Å²) in [5.74, 6) is 0.716. The van der Waals surface area contributed by atoms with Gasteiger partial charge in [-0.25, -0.2) is 0 Å². The second-order valence-corrected chi connectivity index (χ2v) is 4.55. The molecule has 1 saturated carbocycles. The third-order valence-corrected chi connectivity index (χ3v) is 2.75. The maximum absolute atomic E-state index is 11.7. The lowest BCUT2D eigenvalue weighted by Crippen LogP contribution is -2.29. The molecule has 1 aliphatic rings. The second-order valence-electron chi connectivity index (χ2n) is 4.55. The smallest absolute Gasteiger partial charge is 0.238 e. The highest BCUT2D eigenvalue weighted by Gasteiger charge is 2.21. The number of nitrogens with one attached hydrogen (secondary N) is 2. The number of rotatable bonds is 7. The van der Waals surface area contributed by atoms with Crippen molar-refractivity contribution in [3.63, 3.8) is 0 Å². The van der Waals surface area contributed by atoms with Crippen LogP contribution in [0.4, 0.5) is 5.69 Å². The molecule has 0 heterocycles. The Balaban J connectivity index is 1.87. The summed E-state index contributed by atoms with van der Waals surface area (Å²) in [6.07, 6.45) is 3.32. The molecule has 0 bridgehead atoms. The van der Waals surface area contributed by atoms with Crippen LogP contribution in [-0.2, 0) is 4.79 Å². The van der Waals surface area contributed by atoms with Gasteiger partial charge in [0.1, 0.15) is 5.75 Å². The molecular weight excluding hydrogens is 228 g/mol. The van der Waals surface area contributed by atoms with Gasteiger partial charge in [-0.05, 0) is 31.4 Å². The third-order valence-electron chi connectivity index (χ3n) is 2.75. The van der Waals surface area contributed by atoms with Crippen LogP contribution in [0.5, 0.6) is 5.75 Å². The molecule has 1 aromatic rings. The molecule has 2 rings (SSSR count). The summed E-state index contributed by atoms with van der Waals surface area (Å²) in [6, 6.07) is 8.08. The van der Waals surface area contributed by atoms with Gasteiger partial charge in [-0.3, -0.25) is 4.79 Å². The van der Waals surface area contributed by atoms with Gasteiger partial charge in [0.2, 0.25) is 5.91 Å². The van der Waals surface area contributed by atoms with Crippen molar-refractivity contribution in [1.29, 1.82) is 0 Å². The molecule has 18 heavy (non-hydrogen) atoms. The van der Waals surface area contributed by atoms with Crippen molar-refractivity contribution in [3.05, 3.63) is 24.3 Å². The molecule has 1 amide bonds. The fourth-order valence-corrected chi connectivity index (χ4v) is 1.63. The SMILES string of the molecule is CCCOc1ccccc1NC(=O)CNC1CC1. The molecular formula is C14H20N2O2. The van der Waals surface area contributed by atoms with Crippen LogP contribution in [0, 0.1) is 0 Å². The van der Waals surface area contributed by atoms with Gasteiger partial charge in [-0.15, -0.1) is 0 Å². The van der Waals surface area contributed by atoms with Crippen molar-refractivity contribution in [2.24, 2.45) is 0 Å². The Morgan fingerprint density at radius 3 is 2.89 bits per heavy atom. The second kappa shape index (κ2) is 6.40. The normalized spacial score (nSPS) is 14.3. The minimum atomic E-state index is -0.0190. The van der Waals surface area contributed by atoms with E-state index in [2.05, 4.69) is 17.6 Å². The number of para-hydroxylation sites is 2. The summed E-state index contributed by atoms with van der Waals surface area (Å²) in [6.45, 7) is 3.08. The molecule has 1 aliphatic carbocycles. The lowest BCUT2D eigenvalue weighted by atomic mass is 10.3. The Morgan fingerprint density at radius 1 is 1.39 bits per heavy atom. The molecule has 1 aromatic carbocycles. The quantitative estimate of drug-likeness (QED) is 0.777.